The van der Waals surface area contributed by atoms with E-state index < -0.39 is 0 Å². The Morgan fingerprint density at radius 1 is 0.974 bits per heavy atom. The summed E-state index contributed by atoms with van der Waals surface area (Å²) in [4.78, 5) is 17.8. The van der Waals surface area contributed by atoms with Gasteiger partial charge in [0.2, 0.25) is 0 Å². The first-order valence-corrected chi connectivity index (χ1v) is 13.6. The number of benzene rings is 3. The lowest BCUT2D eigenvalue weighted by Crippen LogP contribution is -2.19. The molecule has 0 aliphatic carbocycles. The summed E-state index contributed by atoms with van der Waals surface area (Å²) in [6, 6.07) is 25.6. The molecule has 8 heteroatoms. The molecule has 192 valence electrons. The minimum absolute atomic E-state index is 0.153. The van der Waals surface area contributed by atoms with Crippen molar-refractivity contribution >= 4 is 50.5 Å². The molecular weight excluding hydrogens is 562 g/mol. The fourth-order valence-corrected chi connectivity index (χ4v) is 5.26. The zero-order valence-corrected chi connectivity index (χ0v) is 23.6. The molecular formula is C30H26BrN3O3S. The number of hydrogen-bond acceptors (Lipinski definition) is 5. The third-order valence-electron chi connectivity index (χ3n) is 6.12. The Hall–Kier alpha value is -3.75. The van der Waals surface area contributed by atoms with Crippen LogP contribution in [0, 0.1) is 13.8 Å². The van der Waals surface area contributed by atoms with Crippen LogP contribution in [0.15, 0.2) is 93.2 Å². The van der Waals surface area contributed by atoms with Gasteiger partial charge >= 0.3 is 0 Å². The number of halogens is 1. The maximum atomic E-state index is 12.6. The van der Waals surface area contributed by atoms with E-state index in [0.29, 0.717) is 16.7 Å². The number of ether oxygens (including phenoxy) is 2. The van der Waals surface area contributed by atoms with Gasteiger partial charge in [-0.15, -0.1) is 0 Å². The molecule has 5 rings (SSSR count). The maximum absolute atomic E-state index is 12.6. The molecule has 0 spiro atoms. The Balaban J connectivity index is 1.30. The fourth-order valence-electron chi connectivity index (χ4n) is 4.17. The minimum Gasteiger partial charge on any atom is -0.497 e. The first kappa shape index (κ1) is 25.9. The molecule has 1 aliphatic rings. The van der Waals surface area contributed by atoms with Crippen molar-refractivity contribution in [3.63, 3.8) is 0 Å². The van der Waals surface area contributed by atoms with E-state index in [2.05, 4.69) is 50.7 Å². The lowest BCUT2D eigenvalue weighted by atomic mass is 10.2. The Bertz CT molecular complexity index is 1520. The van der Waals surface area contributed by atoms with Crippen LogP contribution in [0.3, 0.4) is 0 Å². The first-order valence-electron chi connectivity index (χ1n) is 12.0. The molecule has 1 N–H and O–H groups in total. The predicted molar refractivity (Wildman–Crippen MR) is 158 cm³/mol. The van der Waals surface area contributed by atoms with Crippen LogP contribution in [-0.4, -0.2) is 22.8 Å². The first-order chi connectivity index (χ1) is 18.4. The summed E-state index contributed by atoms with van der Waals surface area (Å²) in [7, 11) is 1.62. The lowest BCUT2D eigenvalue weighted by molar-refractivity contribution is -0.115. The quantitative estimate of drug-likeness (QED) is 0.230. The van der Waals surface area contributed by atoms with Gasteiger partial charge in [0.25, 0.3) is 5.91 Å². The van der Waals surface area contributed by atoms with Crippen molar-refractivity contribution in [1.29, 1.82) is 0 Å². The van der Waals surface area contributed by atoms with Gasteiger partial charge in [-0.3, -0.25) is 4.79 Å². The number of carbonyl (C=O) groups excluding carboxylic acids is 1. The van der Waals surface area contributed by atoms with Crippen molar-refractivity contribution in [3.8, 4) is 17.2 Å². The van der Waals surface area contributed by atoms with Crippen molar-refractivity contribution in [3.05, 3.63) is 111 Å². The number of nitrogens with one attached hydrogen (secondary N) is 1. The van der Waals surface area contributed by atoms with E-state index in [1.54, 1.807) is 7.11 Å². The summed E-state index contributed by atoms with van der Waals surface area (Å²) in [6.45, 7) is 4.63. The van der Waals surface area contributed by atoms with Gasteiger partial charge in [0.15, 0.2) is 5.17 Å². The fraction of sp³-hybridized carbons (Fsp3) is 0.133. The molecule has 0 radical (unpaired) electrons. The average Bonchev–Trinajstić information content (AvgIpc) is 3.41. The Morgan fingerprint density at radius 2 is 1.66 bits per heavy atom. The molecule has 0 bridgehead atoms. The molecule has 6 nitrogen and oxygen atoms in total. The van der Waals surface area contributed by atoms with Crippen LogP contribution in [0.2, 0.25) is 0 Å². The van der Waals surface area contributed by atoms with Crippen LogP contribution in [0.1, 0.15) is 22.5 Å². The van der Waals surface area contributed by atoms with Gasteiger partial charge in [0, 0.05) is 21.5 Å². The zero-order valence-electron chi connectivity index (χ0n) is 21.2. The van der Waals surface area contributed by atoms with Gasteiger partial charge in [-0.25, -0.2) is 4.99 Å². The van der Waals surface area contributed by atoms with E-state index in [9.17, 15) is 4.79 Å². The van der Waals surface area contributed by atoms with Crippen molar-refractivity contribution in [1.82, 2.24) is 9.88 Å². The second-order valence-electron chi connectivity index (χ2n) is 8.75. The molecule has 0 atom stereocenters. The molecule has 0 unspecified atom stereocenters. The van der Waals surface area contributed by atoms with Gasteiger partial charge in [-0.05, 0) is 110 Å². The summed E-state index contributed by atoms with van der Waals surface area (Å²) in [5.41, 5.74) is 6.00. The van der Waals surface area contributed by atoms with Crippen molar-refractivity contribution in [2.24, 2.45) is 4.99 Å². The molecule has 1 aliphatic heterocycles. The van der Waals surface area contributed by atoms with Crippen molar-refractivity contribution in [2.45, 2.75) is 20.5 Å². The maximum Gasteiger partial charge on any atom is 0.264 e. The number of aromatic nitrogens is 1. The highest BCUT2D eigenvalue weighted by molar-refractivity contribution is 9.10. The summed E-state index contributed by atoms with van der Waals surface area (Å²) >= 11 is 4.79. The van der Waals surface area contributed by atoms with E-state index in [1.807, 2.05) is 78.9 Å². The number of nitrogens with zero attached hydrogens (tertiary/aromatic N) is 2. The molecule has 38 heavy (non-hydrogen) atoms. The summed E-state index contributed by atoms with van der Waals surface area (Å²) in [5.74, 6) is 1.42. The van der Waals surface area contributed by atoms with Crippen LogP contribution in [-0.2, 0) is 11.4 Å². The molecule has 0 saturated carbocycles. The van der Waals surface area contributed by atoms with E-state index in [0.717, 1.165) is 49.9 Å². The molecule has 4 aromatic rings. The number of methoxy groups -OCH3 is 1. The Kier molecular flexibility index (Phi) is 7.72. The number of hydrogen-bond donors (Lipinski definition) is 1. The van der Waals surface area contributed by atoms with Crippen molar-refractivity contribution < 1.29 is 14.3 Å². The largest absolute Gasteiger partial charge is 0.497 e. The monoisotopic (exact) mass is 587 g/mol. The smallest absolute Gasteiger partial charge is 0.264 e. The number of aliphatic imine (C=N–C) groups is 1. The standard InChI is InChI=1S/C30H26BrN3O3S/c1-19-16-22(17-28-29(35)33-30(38-28)32-24-8-12-26(36-3)13-9-24)20(2)34(19)25-10-14-27(15-11-25)37-18-21-4-6-23(31)7-5-21/h4-17H,18H2,1-3H3,(H,32,33,35)/b28-17-. The highest BCUT2D eigenvalue weighted by atomic mass is 79.9. The van der Waals surface area contributed by atoms with E-state index in [-0.39, 0.29) is 5.91 Å². The second-order valence-corrected chi connectivity index (χ2v) is 10.7. The third-order valence-corrected chi connectivity index (χ3v) is 7.56. The van der Waals surface area contributed by atoms with Crippen LogP contribution in [0.4, 0.5) is 5.69 Å². The number of carbonyl (C=O) groups is 1. The minimum atomic E-state index is -0.153. The molecule has 2 heterocycles. The summed E-state index contributed by atoms with van der Waals surface area (Å²) < 4.78 is 14.4. The van der Waals surface area contributed by atoms with Gasteiger partial charge in [-0.2, -0.15) is 0 Å². The van der Waals surface area contributed by atoms with Crippen LogP contribution in [0.5, 0.6) is 11.5 Å². The molecule has 1 fully saturated rings. The number of thioether (sulfide) groups is 1. The summed E-state index contributed by atoms with van der Waals surface area (Å²) in [6.07, 6.45) is 1.92. The van der Waals surface area contributed by atoms with Gasteiger partial charge in [0.05, 0.1) is 17.7 Å². The third kappa shape index (κ3) is 5.87. The topological polar surface area (TPSA) is 64.8 Å². The van der Waals surface area contributed by atoms with Gasteiger partial charge < -0.3 is 19.4 Å². The normalized spacial score (nSPS) is 15.2. The predicted octanol–water partition coefficient (Wildman–Crippen LogP) is 7.34. The van der Waals surface area contributed by atoms with Crippen molar-refractivity contribution in [2.75, 3.05) is 7.11 Å². The highest BCUT2D eigenvalue weighted by Gasteiger charge is 2.24. The second kappa shape index (κ2) is 11.3. The van der Waals surface area contributed by atoms with Gasteiger partial charge in [0.1, 0.15) is 18.1 Å². The molecule has 3 aromatic carbocycles. The van der Waals surface area contributed by atoms with Crippen LogP contribution < -0.4 is 14.8 Å². The number of rotatable bonds is 7. The lowest BCUT2D eigenvalue weighted by Gasteiger charge is -2.11. The van der Waals surface area contributed by atoms with Crippen LogP contribution >= 0.6 is 27.7 Å². The number of aryl methyl sites for hydroxylation is 1. The zero-order chi connectivity index (χ0) is 26.6. The van der Waals surface area contributed by atoms with Gasteiger partial charge in [-0.1, -0.05) is 28.1 Å². The highest BCUT2D eigenvalue weighted by Crippen LogP contribution is 2.31. The van der Waals surface area contributed by atoms with E-state index in [1.165, 1.54) is 11.8 Å². The van der Waals surface area contributed by atoms with E-state index >= 15 is 0 Å². The summed E-state index contributed by atoms with van der Waals surface area (Å²) in [5, 5.41) is 3.41. The molecule has 1 aromatic heterocycles. The average molecular weight is 589 g/mol. The van der Waals surface area contributed by atoms with Crippen LogP contribution in [0.25, 0.3) is 11.8 Å². The number of amides is 1. The molecule has 1 amide bonds. The Labute approximate surface area is 234 Å². The number of amidine groups is 1. The Morgan fingerprint density at radius 3 is 2.34 bits per heavy atom. The SMILES string of the molecule is COc1ccc(N=C2NC(=O)/C(=C/c3cc(C)n(-c4ccc(OCc5ccc(Br)cc5)cc4)c3C)S2)cc1. The van der Waals surface area contributed by atoms with E-state index in [4.69, 9.17) is 9.47 Å². The molecule has 1 saturated heterocycles.